The predicted octanol–water partition coefficient (Wildman–Crippen LogP) is 5.09. The zero-order valence-corrected chi connectivity index (χ0v) is 20.8. The van der Waals surface area contributed by atoms with Crippen molar-refractivity contribution >= 4 is 10.0 Å². The van der Waals surface area contributed by atoms with Crippen molar-refractivity contribution in [1.29, 1.82) is 0 Å². The van der Waals surface area contributed by atoms with Crippen LogP contribution >= 0.6 is 0 Å². The second-order valence-corrected chi connectivity index (χ2v) is 10.6. The third-order valence-electron chi connectivity index (χ3n) is 5.78. The van der Waals surface area contributed by atoms with Gasteiger partial charge in [-0.3, -0.25) is 0 Å². The average molecular weight is 466 g/mol. The van der Waals surface area contributed by atoms with Crippen molar-refractivity contribution in [3.8, 4) is 11.5 Å². The molecule has 1 saturated heterocycles. The van der Waals surface area contributed by atoms with Gasteiger partial charge in [0.2, 0.25) is 10.0 Å². The quantitative estimate of drug-likeness (QED) is 0.351. The summed E-state index contributed by atoms with van der Waals surface area (Å²) in [5.41, 5.74) is 3.14. The van der Waals surface area contributed by atoms with Gasteiger partial charge in [0.1, 0.15) is 16.4 Å². The van der Waals surface area contributed by atoms with E-state index in [0.29, 0.717) is 25.2 Å². The number of morpholine rings is 1. The van der Waals surface area contributed by atoms with Crippen LogP contribution in [0.15, 0.2) is 34.3 Å². The SMILES string of the molecule is CCCCCc1cc(O)c(C/C=C(\C)CCC=C(C)C)c(O)c1S(=O)(=O)N1CCOCC1. The lowest BCUT2D eigenvalue weighted by Crippen LogP contribution is -2.41. The first kappa shape index (κ1) is 26.4. The van der Waals surface area contributed by atoms with E-state index in [2.05, 4.69) is 26.8 Å². The molecule has 0 unspecified atom stereocenters. The van der Waals surface area contributed by atoms with E-state index in [-0.39, 0.29) is 41.5 Å². The number of phenolic OH excluding ortho intramolecular Hbond substituents is 2. The molecule has 1 aromatic rings. The lowest BCUT2D eigenvalue weighted by Gasteiger charge is -2.28. The van der Waals surface area contributed by atoms with Gasteiger partial charge in [-0.15, -0.1) is 0 Å². The molecule has 6 nitrogen and oxygen atoms in total. The van der Waals surface area contributed by atoms with Gasteiger partial charge in [0.15, 0.2) is 0 Å². The largest absolute Gasteiger partial charge is 0.508 e. The summed E-state index contributed by atoms with van der Waals surface area (Å²) in [6.07, 6.45) is 9.44. The van der Waals surface area contributed by atoms with Crippen molar-refractivity contribution in [2.75, 3.05) is 26.3 Å². The molecule has 0 radical (unpaired) electrons. The minimum absolute atomic E-state index is 0.0525. The zero-order valence-electron chi connectivity index (χ0n) is 20.0. The fourth-order valence-electron chi connectivity index (χ4n) is 3.85. The molecule has 1 fully saturated rings. The summed E-state index contributed by atoms with van der Waals surface area (Å²) in [6, 6.07) is 1.53. The number of sulfonamides is 1. The fraction of sp³-hybridized carbons (Fsp3) is 0.600. The summed E-state index contributed by atoms with van der Waals surface area (Å²) in [5, 5.41) is 21.8. The summed E-state index contributed by atoms with van der Waals surface area (Å²) >= 11 is 0. The summed E-state index contributed by atoms with van der Waals surface area (Å²) in [5.74, 6) is -0.375. The molecule has 1 aliphatic heterocycles. The van der Waals surface area contributed by atoms with Crippen LogP contribution in [-0.4, -0.2) is 49.2 Å². The minimum Gasteiger partial charge on any atom is -0.508 e. The second-order valence-electron chi connectivity index (χ2n) is 8.76. The first-order valence-corrected chi connectivity index (χ1v) is 13.1. The Labute approximate surface area is 193 Å². The van der Waals surface area contributed by atoms with Crippen LogP contribution < -0.4 is 0 Å². The molecule has 1 heterocycles. The molecule has 0 amide bonds. The van der Waals surface area contributed by atoms with Gasteiger partial charge >= 0.3 is 0 Å². The number of rotatable bonds is 11. The Kier molecular flexibility index (Phi) is 10.3. The van der Waals surface area contributed by atoms with Crippen molar-refractivity contribution in [2.45, 2.75) is 77.5 Å². The van der Waals surface area contributed by atoms with E-state index in [0.717, 1.165) is 37.7 Å². The number of aromatic hydroxyl groups is 2. The van der Waals surface area contributed by atoms with Gasteiger partial charge in [0, 0.05) is 18.7 Å². The Hall–Kier alpha value is -1.83. The zero-order chi connectivity index (χ0) is 23.7. The van der Waals surface area contributed by atoms with Gasteiger partial charge in [0.05, 0.1) is 13.2 Å². The number of ether oxygens (including phenoxy) is 1. The maximum atomic E-state index is 13.5. The molecule has 0 atom stereocenters. The number of aryl methyl sites for hydroxylation is 1. The van der Waals surface area contributed by atoms with E-state index >= 15 is 0 Å². The third kappa shape index (κ3) is 7.09. The van der Waals surface area contributed by atoms with E-state index in [1.165, 1.54) is 15.9 Å². The van der Waals surface area contributed by atoms with Gasteiger partial charge in [-0.1, -0.05) is 43.1 Å². The first-order chi connectivity index (χ1) is 15.2. The van der Waals surface area contributed by atoms with Gasteiger partial charge in [-0.25, -0.2) is 8.42 Å². The predicted molar refractivity (Wildman–Crippen MR) is 129 cm³/mol. The van der Waals surface area contributed by atoms with Crippen LogP contribution in [0.1, 0.15) is 70.9 Å². The molecule has 0 aliphatic carbocycles. The number of nitrogens with zero attached hydrogens (tertiary/aromatic N) is 1. The second kappa shape index (κ2) is 12.4. The Morgan fingerprint density at radius 2 is 1.81 bits per heavy atom. The highest BCUT2D eigenvalue weighted by molar-refractivity contribution is 7.89. The van der Waals surface area contributed by atoms with Crippen LogP contribution in [0.4, 0.5) is 0 Å². The van der Waals surface area contributed by atoms with E-state index in [1.54, 1.807) is 0 Å². The highest BCUT2D eigenvalue weighted by atomic mass is 32.2. The monoisotopic (exact) mass is 465 g/mol. The van der Waals surface area contributed by atoms with Crippen molar-refractivity contribution < 1.29 is 23.4 Å². The van der Waals surface area contributed by atoms with Crippen molar-refractivity contribution in [3.05, 3.63) is 40.5 Å². The summed E-state index contributed by atoms with van der Waals surface area (Å²) in [7, 11) is -3.90. The Morgan fingerprint density at radius 3 is 2.44 bits per heavy atom. The summed E-state index contributed by atoms with van der Waals surface area (Å²) < 4.78 is 33.6. The highest BCUT2D eigenvalue weighted by Crippen LogP contribution is 2.39. The molecule has 1 aromatic carbocycles. The minimum atomic E-state index is -3.90. The van der Waals surface area contributed by atoms with E-state index in [9.17, 15) is 18.6 Å². The first-order valence-electron chi connectivity index (χ1n) is 11.6. The van der Waals surface area contributed by atoms with Crippen LogP contribution in [0, 0.1) is 0 Å². The number of unbranched alkanes of at least 4 members (excludes halogenated alkanes) is 2. The topological polar surface area (TPSA) is 87.1 Å². The molecule has 0 spiro atoms. The maximum absolute atomic E-state index is 13.5. The Balaban J connectivity index is 2.41. The fourth-order valence-corrected chi connectivity index (χ4v) is 5.60. The van der Waals surface area contributed by atoms with Crippen LogP contribution in [0.2, 0.25) is 0 Å². The van der Waals surface area contributed by atoms with Crippen molar-refractivity contribution in [2.24, 2.45) is 0 Å². The summed E-state index contributed by atoms with van der Waals surface area (Å²) in [6.45, 7) is 9.41. The molecule has 0 aromatic heterocycles. The molecular weight excluding hydrogens is 426 g/mol. The number of allylic oxidation sites excluding steroid dienone is 4. The van der Waals surface area contributed by atoms with Crippen LogP contribution in [0.25, 0.3) is 0 Å². The molecule has 0 saturated carbocycles. The van der Waals surface area contributed by atoms with Crippen LogP contribution in [-0.2, 0) is 27.6 Å². The van der Waals surface area contributed by atoms with Crippen molar-refractivity contribution in [3.63, 3.8) is 0 Å². The number of phenols is 2. The highest BCUT2D eigenvalue weighted by Gasteiger charge is 2.33. The molecule has 2 rings (SSSR count). The van der Waals surface area contributed by atoms with Crippen LogP contribution in [0.3, 0.4) is 0 Å². The van der Waals surface area contributed by atoms with Gasteiger partial charge in [-0.2, -0.15) is 4.31 Å². The molecular formula is C25H39NO5S. The third-order valence-corrected chi connectivity index (χ3v) is 7.79. The van der Waals surface area contributed by atoms with Gasteiger partial charge in [0.25, 0.3) is 0 Å². The van der Waals surface area contributed by atoms with Gasteiger partial charge in [-0.05, 0) is 64.5 Å². The number of hydrogen-bond acceptors (Lipinski definition) is 5. The molecule has 1 aliphatic rings. The smallest absolute Gasteiger partial charge is 0.247 e. The van der Waals surface area contributed by atoms with Gasteiger partial charge < -0.3 is 14.9 Å². The van der Waals surface area contributed by atoms with E-state index < -0.39 is 10.0 Å². The molecule has 180 valence electrons. The number of benzene rings is 1. The standard InChI is InChI=1S/C25H39NO5S/c1-5-6-7-11-21-18-23(27)22(13-12-20(4)10-8-9-19(2)3)24(28)25(21)32(29,30)26-14-16-31-17-15-26/h9,12,18,27-28H,5-8,10-11,13-17H2,1-4H3/b20-12+. The Bertz CT molecular complexity index is 924. The molecule has 7 heteroatoms. The average Bonchev–Trinajstić information content (AvgIpc) is 2.73. The summed E-state index contributed by atoms with van der Waals surface area (Å²) in [4.78, 5) is -0.0566. The lowest BCUT2D eigenvalue weighted by atomic mass is 10.00. The molecule has 0 bridgehead atoms. The van der Waals surface area contributed by atoms with E-state index in [1.807, 2.05) is 13.0 Å². The maximum Gasteiger partial charge on any atom is 0.247 e. The molecule has 32 heavy (non-hydrogen) atoms. The lowest BCUT2D eigenvalue weighted by molar-refractivity contribution is 0.0729. The Morgan fingerprint density at radius 1 is 1.12 bits per heavy atom. The van der Waals surface area contributed by atoms with E-state index in [4.69, 9.17) is 4.74 Å². The van der Waals surface area contributed by atoms with Crippen molar-refractivity contribution in [1.82, 2.24) is 4.31 Å². The molecule has 2 N–H and O–H groups in total. The number of hydrogen-bond donors (Lipinski definition) is 2. The normalized spacial score (nSPS) is 15.7. The van der Waals surface area contributed by atoms with Crippen LogP contribution in [0.5, 0.6) is 11.5 Å².